The summed E-state index contributed by atoms with van der Waals surface area (Å²) in [6, 6.07) is 9.04. The number of phenols is 1. The maximum Gasteiger partial charge on any atom is 0.336 e. The average molecular weight is 468 g/mol. The molecule has 2 heterocycles. The molecule has 7 heteroatoms. The van der Waals surface area contributed by atoms with Gasteiger partial charge in [-0.1, -0.05) is 26.0 Å². The molecule has 0 radical (unpaired) electrons. The number of aliphatic imine (C=N–C) groups is 1. The van der Waals surface area contributed by atoms with Gasteiger partial charge in [0.25, 0.3) is 0 Å². The highest BCUT2D eigenvalue weighted by Crippen LogP contribution is 2.47. The first-order valence-electron chi connectivity index (χ1n) is 11.2. The number of esters is 1. The number of thiophene rings is 1. The van der Waals surface area contributed by atoms with Gasteiger partial charge in [0, 0.05) is 34.5 Å². The topological polar surface area (TPSA) is 85.2 Å². The summed E-state index contributed by atoms with van der Waals surface area (Å²) in [4.78, 5) is 32.7. The van der Waals surface area contributed by atoms with Crippen LogP contribution in [0.1, 0.15) is 55.9 Å². The van der Waals surface area contributed by atoms with Gasteiger partial charge in [-0.3, -0.25) is 9.79 Å². The van der Waals surface area contributed by atoms with Crippen LogP contribution in [0.3, 0.4) is 0 Å². The van der Waals surface area contributed by atoms with Crippen molar-refractivity contribution < 1.29 is 24.2 Å². The number of ether oxygens (including phenoxy) is 2. The summed E-state index contributed by atoms with van der Waals surface area (Å²) in [6.45, 7) is 6.04. The molecule has 1 fully saturated rings. The van der Waals surface area contributed by atoms with E-state index < -0.39 is 17.8 Å². The summed E-state index contributed by atoms with van der Waals surface area (Å²) < 4.78 is 10.9. The Bertz CT molecular complexity index is 1120. The van der Waals surface area contributed by atoms with Crippen molar-refractivity contribution in [1.82, 2.24) is 0 Å². The molecule has 1 saturated carbocycles. The minimum atomic E-state index is -0.541. The lowest BCUT2D eigenvalue weighted by molar-refractivity contribution is -0.140. The van der Waals surface area contributed by atoms with Gasteiger partial charge >= 0.3 is 5.97 Å². The van der Waals surface area contributed by atoms with Crippen LogP contribution in [0.15, 0.2) is 52.0 Å². The molecule has 1 N–H and O–H groups in total. The van der Waals surface area contributed by atoms with Gasteiger partial charge in [0.05, 0.1) is 25.2 Å². The molecule has 1 aromatic heterocycles. The lowest BCUT2D eigenvalue weighted by atomic mass is 9.67. The molecule has 174 valence electrons. The number of nitrogens with zero attached hydrogens (tertiary/aromatic N) is 1. The molecule has 0 saturated heterocycles. The van der Waals surface area contributed by atoms with Crippen LogP contribution < -0.4 is 4.74 Å². The Kier molecular flexibility index (Phi) is 6.70. The van der Waals surface area contributed by atoms with Gasteiger partial charge in [-0.25, -0.2) is 4.79 Å². The number of ketones is 1. The summed E-state index contributed by atoms with van der Waals surface area (Å²) in [5, 5.41) is 12.1. The van der Waals surface area contributed by atoms with E-state index in [0.29, 0.717) is 29.9 Å². The van der Waals surface area contributed by atoms with Crippen molar-refractivity contribution in [3.63, 3.8) is 0 Å². The zero-order chi connectivity index (χ0) is 23.7. The van der Waals surface area contributed by atoms with Crippen LogP contribution >= 0.6 is 11.3 Å². The lowest BCUT2D eigenvalue weighted by Gasteiger charge is -2.38. The number of allylic oxidation sites excluding steroid dienone is 1. The Hall–Kier alpha value is -2.93. The maximum absolute atomic E-state index is 13.5. The van der Waals surface area contributed by atoms with Gasteiger partial charge < -0.3 is 14.6 Å². The highest BCUT2D eigenvalue weighted by atomic mass is 32.1. The van der Waals surface area contributed by atoms with Crippen LogP contribution in [0.4, 0.5) is 0 Å². The molecular formula is C26H29NO5S. The van der Waals surface area contributed by atoms with Gasteiger partial charge in [0.1, 0.15) is 5.78 Å². The van der Waals surface area contributed by atoms with Gasteiger partial charge in [-0.05, 0) is 48.4 Å². The van der Waals surface area contributed by atoms with Crippen LogP contribution in [-0.4, -0.2) is 36.3 Å². The van der Waals surface area contributed by atoms with Crippen molar-refractivity contribution >= 4 is 28.8 Å². The van der Waals surface area contributed by atoms with Crippen molar-refractivity contribution in [3.05, 3.63) is 57.4 Å². The molecule has 6 nitrogen and oxygen atoms in total. The molecule has 4 rings (SSSR count). The SMILES string of the molecule is COc1cc([C@@H]2C(C(=O)OCC(C)C)=C(C)N=C3C[C@@H](c4cccs4)CC(=O)[C@@H]32)ccc1O. The second-order valence-electron chi connectivity index (χ2n) is 9.07. The quantitative estimate of drug-likeness (QED) is 0.588. The van der Waals surface area contributed by atoms with E-state index in [1.54, 1.807) is 30.4 Å². The van der Waals surface area contributed by atoms with E-state index in [4.69, 9.17) is 14.5 Å². The van der Waals surface area contributed by atoms with Gasteiger partial charge in [0.15, 0.2) is 11.5 Å². The predicted octanol–water partition coefficient (Wildman–Crippen LogP) is 5.24. The Balaban J connectivity index is 1.80. The average Bonchev–Trinajstić information content (AvgIpc) is 3.32. The standard InChI is InChI=1S/C26H29NO5S/c1-14(2)13-32-26(30)23-15(3)27-18-10-17(22-6-5-9-33-22)11-20(29)25(18)24(23)16-7-8-19(28)21(12-16)31-4/h5-9,12,14,17,24-25,28H,10-11,13H2,1-4H3/t17-,24-,25-/m1/s1. The number of fused-ring (bicyclic) bond motifs is 1. The third-order valence-electron chi connectivity index (χ3n) is 6.23. The van der Waals surface area contributed by atoms with E-state index >= 15 is 0 Å². The molecule has 3 atom stereocenters. The molecule has 0 spiro atoms. The van der Waals surface area contributed by atoms with Gasteiger partial charge in [-0.2, -0.15) is 0 Å². The first-order valence-corrected chi connectivity index (χ1v) is 12.1. The Morgan fingerprint density at radius 1 is 1.24 bits per heavy atom. The summed E-state index contributed by atoms with van der Waals surface area (Å²) in [6.07, 6.45) is 1.08. The van der Waals surface area contributed by atoms with E-state index in [1.807, 2.05) is 25.3 Å². The van der Waals surface area contributed by atoms with E-state index in [-0.39, 0.29) is 30.0 Å². The third kappa shape index (κ3) is 4.60. The lowest BCUT2D eigenvalue weighted by Crippen LogP contribution is -2.41. The molecule has 2 aromatic rings. The Morgan fingerprint density at radius 2 is 2.03 bits per heavy atom. The van der Waals surface area contributed by atoms with E-state index in [0.717, 1.165) is 11.3 Å². The molecule has 1 aliphatic carbocycles. The number of methoxy groups -OCH3 is 1. The zero-order valence-corrected chi connectivity index (χ0v) is 20.1. The van der Waals surface area contributed by atoms with E-state index in [1.165, 1.54) is 18.1 Å². The summed E-state index contributed by atoms with van der Waals surface area (Å²) in [7, 11) is 1.48. The van der Waals surface area contributed by atoms with Crippen LogP contribution in [0.2, 0.25) is 0 Å². The molecule has 1 aromatic carbocycles. The molecule has 0 amide bonds. The minimum absolute atomic E-state index is 0.00307. The van der Waals surface area contributed by atoms with Crippen molar-refractivity contribution in [2.45, 2.75) is 45.4 Å². The molecular weight excluding hydrogens is 438 g/mol. The highest BCUT2D eigenvalue weighted by Gasteiger charge is 2.46. The number of hydrogen-bond acceptors (Lipinski definition) is 7. The van der Waals surface area contributed by atoms with Crippen LogP contribution in [0, 0.1) is 11.8 Å². The largest absolute Gasteiger partial charge is 0.504 e. The monoisotopic (exact) mass is 467 g/mol. The van der Waals surface area contributed by atoms with Gasteiger partial charge in [0.2, 0.25) is 0 Å². The Labute approximate surface area is 198 Å². The predicted molar refractivity (Wildman–Crippen MR) is 128 cm³/mol. The van der Waals surface area contributed by atoms with Crippen molar-refractivity contribution in [3.8, 4) is 11.5 Å². The first kappa shape index (κ1) is 23.2. The molecule has 1 aliphatic heterocycles. The number of rotatable bonds is 6. The molecule has 0 unspecified atom stereocenters. The van der Waals surface area contributed by atoms with E-state index in [9.17, 15) is 14.7 Å². The number of benzene rings is 1. The van der Waals surface area contributed by atoms with Crippen LogP contribution in [0.5, 0.6) is 11.5 Å². The van der Waals surface area contributed by atoms with E-state index in [2.05, 4.69) is 6.07 Å². The highest BCUT2D eigenvalue weighted by molar-refractivity contribution is 7.10. The van der Waals surface area contributed by atoms with Crippen molar-refractivity contribution in [2.24, 2.45) is 16.8 Å². The fraction of sp³-hybridized carbons (Fsp3) is 0.423. The normalized spacial score (nSPS) is 22.8. The number of carbonyl (C=O) groups excluding carboxylic acids is 2. The second-order valence-corrected chi connectivity index (χ2v) is 10.0. The molecule has 33 heavy (non-hydrogen) atoms. The summed E-state index contributed by atoms with van der Waals surface area (Å²) in [5.74, 6) is -0.875. The number of hydrogen-bond donors (Lipinski definition) is 1. The number of Topliss-reactive ketones (excluding diaryl/α,β-unsaturated/α-hetero) is 1. The summed E-state index contributed by atoms with van der Waals surface area (Å²) in [5.41, 5.74) is 2.51. The maximum atomic E-state index is 13.5. The van der Waals surface area contributed by atoms with Crippen LogP contribution in [-0.2, 0) is 14.3 Å². The zero-order valence-electron chi connectivity index (χ0n) is 19.3. The molecule has 2 aliphatic rings. The van der Waals surface area contributed by atoms with Crippen molar-refractivity contribution in [2.75, 3.05) is 13.7 Å². The Morgan fingerprint density at radius 3 is 2.70 bits per heavy atom. The number of phenolic OH excluding ortho intramolecular Hbond substituents is 1. The third-order valence-corrected chi connectivity index (χ3v) is 7.27. The summed E-state index contributed by atoms with van der Waals surface area (Å²) >= 11 is 1.65. The fourth-order valence-electron chi connectivity index (χ4n) is 4.73. The van der Waals surface area contributed by atoms with Crippen molar-refractivity contribution in [1.29, 1.82) is 0 Å². The van der Waals surface area contributed by atoms with Crippen LogP contribution in [0.25, 0.3) is 0 Å². The second kappa shape index (κ2) is 9.51. The fourth-order valence-corrected chi connectivity index (χ4v) is 5.56. The number of carbonyl (C=O) groups is 2. The number of aromatic hydroxyl groups is 1. The smallest absolute Gasteiger partial charge is 0.336 e. The van der Waals surface area contributed by atoms with Gasteiger partial charge in [-0.15, -0.1) is 11.3 Å². The first-order chi connectivity index (χ1) is 15.8. The minimum Gasteiger partial charge on any atom is -0.504 e. The molecule has 0 bridgehead atoms.